The van der Waals surface area contributed by atoms with Crippen LogP contribution in [0.2, 0.25) is 0 Å². The van der Waals surface area contributed by atoms with Gasteiger partial charge in [-0.05, 0) is 11.4 Å². The zero-order valence-electron chi connectivity index (χ0n) is 6.45. The van der Waals surface area contributed by atoms with Crippen LogP contribution < -0.4 is 5.32 Å². The summed E-state index contributed by atoms with van der Waals surface area (Å²) in [6, 6.07) is 4.04. The minimum atomic E-state index is -0.0281. The van der Waals surface area contributed by atoms with E-state index in [4.69, 9.17) is 4.74 Å². The number of ether oxygens (including phenoxy) is 1. The van der Waals surface area contributed by atoms with Crippen molar-refractivity contribution >= 4 is 17.2 Å². The Balaban J connectivity index is 2.09. The largest absolute Gasteiger partial charge is 0.369 e. The van der Waals surface area contributed by atoms with Crippen LogP contribution >= 0.6 is 11.3 Å². The summed E-state index contributed by atoms with van der Waals surface area (Å²) in [6.45, 7) is 0.786. The molecule has 1 saturated heterocycles. The van der Waals surface area contributed by atoms with Gasteiger partial charge in [0.05, 0.1) is 12.6 Å². The van der Waals surface area contributed by atoms with Crippen molar-refractivity contribution in [3.63, 3.8) is 0 Å². The molecule has 1 N–H and O–H groups in total. The molecule has 2 rings (SSSR count). The molecule has 2 heterocycles. The molecule has 0 unspecified atom stereocenters. The number of hydrogen-bond donors (Lipinski definition) is 1. The molecule has 12 heavy (non-hydrogen) atoms. The average Bonchev–Trinajstić information content (AvgIpc) is 2.56. The minimum absolute atomic E-state index is 0.0281. The highest BCUT2D eigenvalue weighted by Crippen LogP contribution is 2.20. The topological polar surface area (TPSA) is 38.3 Å². The molecule has 1 aliphatic heterocycles. The van der Waals surface area contributed by atoms with Crippen LogP contribution in [0.5, 0.6) is 0 Å². The predicted octanol–water partition coefficient (Wildman–Crippen LogP) is 0.936. The number of amides is 1. The van der Waals surface area contributed by atoms with Gasteiger partial charge in [-0.1, -0.05) is 6.07 Å². The van der Waals surface area contributed by atoms with E-state index in [1.54, 1.807) is 11.3 Å². The van der Waals surface area contributed by atoms with Crippen molar-refractivity contribution < 1.29 is 9.53 Å². The van der Waals surface area contributed by atoms with Crippen molar-refractivity contribution in [2.24, 2.45) is 0 Å². The molecule has 64 valence electrons. The van der Waals surface area contributed by atoms with E-state index in [0.29, 0.717) is 6.61 Å². The Morgan fingerprint density at radius 3 is 3.25 bits per heavy atom. The normalized spacial score (nSPS) is 23.7. The van der Waals surface area contributed by atoms with E-state index in [0.717, 1.165) is 4.88 Å². The van der Waals surface area contributed by atoms with Crippen LogP contribution in [0, 0.1) is 0 Å². The first kappa shape index (κ1) is 7.76. The van der Waals surface area contributed by atoms with Crippen LogP contribution in [0.4, 0.5) is 0 Å². The van der Waals surface area contributed by atoms with Crippen molar-refractivity contribution in [2.75, 3.05) is 13.2 Å². The molecule has 1 amide bonds. The maximum Gasteiger partial charge on any atom is 0.246 e. The molecule has 0 spiro atoms. The van der Waals surface area contributed by atoms with Gasteiger partial charge in [0, 0.05) is 4.88 Å². The molecule has 1 aromatic heterocycles. The third-order valence-electron chi connectivity index (χ3n) is 1.74. The Bertz CT molecular complexity index is 271. The van der Waals surface area contributed by atoms with Crippen molar-refractivity contribution in [3.05, 3.63) is 22.4 Å². The zero-order valence-corrected chi connectivity index (χ0v) is 7.26. The number of nitrogens with one attached hydrogen (secondary N) is 1. The Labute approximate surface area is 74.4 Å². The van der Waals surface area contributed by atoms with E-state index < -0.39 is 0 Å². The van der Waals surface area contributed by atoms with Crippen molar-refractivity contribution in [3.8, 4) is 0 Å². The molecule has 0 bridgehead atoms. The van der Waals surface area contributed by atoms with Gasteiger partial charge in [0.25, 0.3) is 0 Å². The van der Waals surface area contributed by atoms with Gasteiger partial charge in [0.15, 0.2) is 0 Å². The average molecular weight is 183 g/mol. The number of thiophene rings is 1. The van der Waals surface area contributed by atoms with E-state index in [2.05, 4.69) is 5.32 Å². The molecular weight excluding hydrogens is 174 g/mol. The molecule has 1 fully saturated rings. The second-order valence-corrected chi connectivity index (χ2v) is 3.63. The number of rotatable bonds is 1. The second kappa shape index (κ2) is 3.25. The summed E-state index contributed by atoms with van der Waals surface area (Å²) in [5, 5.41) is 4.86. The zero-order chi connectivity index (χ0) is 8.39. The number of carbonyl (C=O) groups is 1. The van der Waals surface area contributed by atoms with Crippen LogP contribution in [-0.4, -0.2) is 19.1 Å². The Morgan fingerprint density at radius 1 is 1.67 bits per heavy atom. The summed E-state index contributed by atoms with van der Waals surface area (Å²) in [5.74, 6) is -0.0281. The quantitative estimate of drug-likeness (QED) is 0.703. The fourth-order valence-electron chi connectivity index (χ4n) is 1.19. The van der Waals surface area contributed by atoms with Crippen LogP contribution in [-0.2, 0) is 9.53 Å². The maximum absolute atomic E-state index is 10.9. The van der Waals surface area contributed by atoms with E-state index in [9.17, 15) is 4.79 Å². The molecule has 4 heteroatoms. The lowest BCUT2D eigenvalue weighted by molar-refractivity contribution is -0.131. The van der Waals surface area contributed by atoms with Gasteiger partial charge in [0.1, 0.15) is 6.61 Å². The first-order valence-electron chi connectivity index (χ1n) is 3.77. The van der Waals surface area contributed by atoms with Crippen LogP contribution in [0.15, 0.2) is 17.5 Å². The lowest BCUT2D eigenvalue weighted by atomic mass is 10.2. The highest BCUT2D eigenvalue weighted by Gasteiger charge is 2.20. The molecule has 1 aromatic rings. The highest BCUT2D eigenvalue weighted by atomic mass is 32.1. The van der Waals surface area contributed by atoms with Crippen molar-refractivity contribution in [2.45, 2.75) is 6.04 Å². The first-order chi connectivity index (χ1) is 5.86. The predicted molar refractivity (Wildman–Crippen MR) is 46.0 cm³/mol. The molecule has 0 radical (unpaired) electrons. The molecule has 1 aliphatic rings. The number of morpholine rings is 1. The van der Waals surface area contributed by atoms with E-state index in [1.807, 2.05) is 17.5 Å². The Kier molecular flexibility index (Phi) is 2.10. The fraction of sp³-hybridized carbons (Fsp3) is 0.375. The van der Waals surface area contributed by atoms with E-state index >= 15 is 0 Å². The van der Waals surface area contributed by atoms with Crippen molar-refractivity contribution in [1.29, 1.82) is 0 Å². The summed E-state index contributed by atoms with van der Waals surface area (Å²) in [6.07, 6.45) is 0. The highest BCUT2D eigenvalue weighted by molar-refractivity contribution is 7.10. The third-order valence-corrected chi connectivity index (χ3v) is 2.73. The summed E-state index contributed by atoms with van der Waals surface area (Å²) in [4.78, 5) is 12.1. The molecule has 0 saturated carbocycles. The Morgan fingerprint density at radius 2 is 2.58 bits per heavy atom. The second-order valence-electron chi connectivity index (χ2n) is 2.65. The number of hydrogen-bond acceptors (Lipinski definition) is 3. The first-order valence-corrected chi connectivity index (χ1v) is 4.65. The third kappa shape index (κ3) is 1.49. The van der Waals surface area contributed by atoms with Crippen LogP contribution in [0.3, 0.4) is 0 Å². The Hall–Kier alpha value is -0.870. The fourth-order valence-corrected chi connectivity index (χ4v) is 1.95. The van der Waals surface area contributed by atoms with E-state index in [-0.39, 0.29) is 18.6 Å². The summed E-state index contributed by atoms with van der Waals surface area (Å²) in [5.41, 5.74) is 0. The maximum atomic E-state index is 10.9. The SMILES string of the molecule is O=C1COC[C@H](c2cccs2)N1. The van der Waals surface area contributed by atoms with Gasteiger partial charge >= 0.3 is 0 Å². The van der Waals surface area contributed by atoms with Gasteiger partial charge in [-0.15, -0.1) is 11.3 Å². The standard InChI is InChI=1S/C8H9NO2S/c10-8-5-11-4-6(9-8)7-2-1-3-12-7/h1-3,6H,4-5H2,(H,9,10)/t6-/m1/s1. The van der Waals surface area contributed by atoms with Gasteiger partial charge < -0.3 is 10.1 Å². The molecule has 1 atom stereocenters. The minimum Gasteiger partial charge on any atom is -0.369 e. The smallest absolute Gasteiger partial charge is 0.246 e. The molecule has 0 aromatic carbocycles. The van der Waals surface area contributed by atoms with Gasteiger partial charge in [0.2, 0.25) is 5.91 Å². The lowest BCUT2D eigenvalue weighted by Gasteiger charge is -2.22. The summed E-state index contributed by atoms with van der Waals surface area (Å²) >= 11 is 1.64. The van der Waals surface area contributed by atoms with Crippen LogP contribution in [0.1, 0.15) is 10.9 Å². The lowest BCUT2D eigenvalue weighted by Crippen LogP contribution is -2.39. The van der Waals surface area contributed by atoms with Gasteiger partial charge in [-0.3, -0.25) is 4.79 Å². The molecular formula is C8H9NO2S. The van der Waals surface area contributed by atoms with Crippen molar-refractivity contribution in [1.82, 2.24) is 5.32 Å². The number of carbonyl (C=O) groups excluding carboxylic acids is 1. The van der Waals surface area contributed by atoms with Gasteiger partial charge in [-0.25, -0.2) is 0 Å². The van der Waals surface area contributed by atoms with Gasteiger partial charge in [-0.2, -0.15) is 0 Å². The summed E-state index contributed by atoms with van der Waals surface area (Å²) < 4.78 is 5.11. The van der Waals surface area contributed by atoms with E-state index in [1.165, 1.54) is 0 Å². The monoisotopic (exact) mass is 183 g/mol. The van der Waals surface area contributed by atoms with Crippen LogP contribution in [0.25, 0.3) is 0 Å². The molecule has 3 nitrogen and oxygen atoms in total. The summed E-state index contributed by atoms with van der Waals surface area (Å²) in [7, 11) is 0. The molecule has 0 aliphatic carbocycles.